The van der Waals surface area contributed by atoms with Crippen LogP contribution in [0.25, 0.3) is 0 Å². The van der Waals surface area contributed by atoms with Gasteiger partial charge in [0, 0.05) is 13.1 Å². The van der Waals surface area contributed by atoms with E-state index < -0.39 is 5.82 Å². The highest BCUT2D eigenvalue weighted by atomic mass is 19.1. The topological polar surface area (TPSA) is 49.8 Å². The van der Waals surface area contributed by atoms with Gasteiger partial charge in [-0.3, -0.25) is 0 Å². The fraction of sp³-hybridized carbons (Fsp3) is 0.286. The number of nitrogens with one attached hydrogen (secondary N) is 2. The molecule has 0 atom stereocenters. The maximum atomic E-state index is 13.6. The highest BCUT2D eigenvalue weighted by Gasteiger charge is 2.06. The average Bonchev–Trinajstić information content (AvgIpc) is 2.41. The van der Waals surface area contributed by atoms with Crippen LogP contribution < -0.4 is 10.6 Å². The number of anilines is 2. The zero-order valence-corrected chi connectivity index (χ0v) is 11.1. The number of halogens is 1. The normalized spacial score (nSPS) is 10.3. The van der Waals surface area contributed by atoms with Crippen molar-refractivity contribution in [1.82, 2.24) is 9.97 Å². The van der Waals surface area contributed by atoms with Gasteiger partial charge in [0.1, 0.15) is 0 Å². The number of aromatic nitrogens is 2. The predicted octanol–water partition coefficient (Wildman–Crippen LogP) is 2.97. The van der Waals surface area contributed by atoms with E-state index in [1.54, 1.807) is 0 Å². The zero-order valence-electron chi connectivity index (χ0n) is 11.1. The van der Waals surface area contributed by atoms with Crippen molar-refractivity contribution in [3.05, 3.63) is 47.4 Å². The third-order valence-corrected chi connectivity index (χ3v) is 2.79. The van der Waals surface area contributed by atoms with E-state index in [0.717, 1.165) is 11.1 Å². The highest BCUT2D eigenvalue weighted by Crippen LogP contribution is 2.14. The first-order chi connectivity index (χ1) is 9.20. The molecule has 2 rings (SSSR count). The summed E-state index contributed by atoms with van der Waals surface area (Å²) in [5.74, 6) is 0.195. The van der Waals surface area contributed by atoms with Crippen LogP contribution in [0.1, 0.15) is 18.1 Å². The summed E-state index contributed by atoms with van der Waals surface area (Å²) in [6, 6.07) is 7.97. The Kier molecular flexibility index (Phi) is 4.28. The molecule has 1 heterocycles. The number of rotatable bonds is 5. The summed E-state index contributed by atoms with van der Waals surface area (Å²) < 4.78 is 13.6. The number of benzene rings is 1. The molecule has 0 aliphatic rings. The van der Waals surface area contributed by atoms with Crippen LogP contribution in [0.15, 0.2) is 30.5 Å². The van der Waals surface area contributed by atoms with Gasteiger partial charge in [0.15, 0.2) is 11.6 Å². The minimum atomic E-state index is -0.449. The molecular weight excluding hydrogens is 243 g/mol. The third kappa shape index (κ3) is 3.40. The van der Waals surface area contributed by atoms with Crippen molar-refractivity contribution >= 4 is 11.8 Å². The van der Waals surface area contributed by atoms with E-state index in [0.29, 0.717) is 19.0 Å². The van der Waals surface area contributed by atoms with Gasteiger partial charge in [0.05, 0.1) is 6.20 Å². The first kappa shape index (κ1) is 13.3. The molecule has 0 aliphatic heterocycles. The van der Waals surface area contributed by atoms with Gasteiger partial charge in [-0.1, -0.05) is 24.3 Å². The maximum Gasteiger partial charge on any atom is 0.224 e. The Balaban J connectivity index is 2.10. The van der Waals surface area contributed by atoms with Gasteiger partial charge in [-0.15, -0.1) is 0 Å². The van der Waals surface area contributed by atoms with Gasteiger partial charge in [0.2, 0.25) is 5.95 Å². The molecule has 0 unspecified atom stereocenters. The Labute approximate surface area is 112 Å². The van der Waals surface area contributed by atoms with Crippen LogP contribution in [0.2, 0.25) is 0 Å². The Morgan fingerprint density at radius 3 is 2.74 bits per heavy atom. The van der Waals surface area contributed by atoms with Crippen LogP contribution in [-0.4, -0.2) is 16.5 Å². The smallest absolute Gasteiger partial charge is 0.224 e. The van der Waals surface area contributed by atoms with Crippen molar-refractivity contribution in [1.29, 1.82) is 0 Å². The second-order valence-corrected chi connectivity index (χ2v) is 4.20. The molecule has 0 spiro atoms. The molecule has 0 amide bonds. The minimum absolute atomic E-state index is 0.217. The maximum absolute atomic E-state index is 13.6. The van der Waals surface area contributed by atoms with Crippen LogP contribution in [0.5, 0.6) is 0 Å². The fourth-order valence-corrected chi connectivity index (χ4v) is 1.72. The summed E-state index contributed by atoms with van der Waals surface area (Å²) >= 11 is 0. The molecule has 1 aromatic heterocycles. The van der Waals surface area contributed by atoms with Crippen molar-refractivity contribution in [2.75, 3.05) is 17.2 Å². The molecule has 2 N–H and O–H groups in total. The van der Waals surface area contributed by atoms with Crippen molar-refractivity contribution in [3.63, 3.8) is 0 Å². The molecule has 0 bridgehead atoms. The number of nitrogens with zero attached hydrogens (tertiary/aromatic N) is 2. The summed E-state index contributed by atoms with van der Waals surface area (Å²) in [6.07, 6.45) is 1.17. The van der Waals surface area contributed by atoms with E-state index in [1.165, 1.54) is 6.20 Å². The van der Waals surface area contributed by atoms with E-state index in [4.69, 9.17) is 0 Å². The van der Waals surface area contributed by atoms with Crippen molar-refractivity contribution in [3.8, 4) is 0 Å². The van der Waals surface area contributed by atoms with Gasteiger partial charge in [-0.25, -0.2) is 9.37 Å². The molecular formula is C14H17FN4. The van der Waals surface area contributed by atoms with Crippen LogP contribution in [-0.2, 0) is 6.54 Å². The van der Waals surface area contributed by atoms with Gasteiger partial charge >= 0.3 is 0 Å². The minimum Gasteiger partial charge on any atom is -0.363 e. The van der Waals surface area contributed by atoms with Crippen molar-refractivity contribution < 1.29 is 4.39 Å². The van der Waals surface area contributed by atoms with E-state index in [2.05, 4.69) is 20.6 Å². The third-order valence-electron chi connectivity index (χ3n) is 2.79. The Hall–Kier alpha value is -2.17. The van der Waals surface area contributed by atoms with Crippen LogP contribution in [0.4, 0.5) is 16.2 Å². The van der Waals surface area contributed by atoms with Crippen molar-refractivity contribution in [2.24, 2.45) is 0 Å². The monoisotopic (exact) mass is 260 g/mol. The summed E-state index contributed by atoms with van der Waals surface area (Å²) in [7, 11) is 0. The van der Waals surface area contributed by atoms with E-state index in [1.807, 2.05) is 38.1 Å². The van der Waals surface area contributed by atoms with Crippen LogP contribution in [0.3, 0.4) is 0 Å². The van der Waals surface area contributed by atoms with Crippen LogP contribution >= 0.6 is 0 Å². The predicted molar refractivity (Wildman–Crippen MR) is 74.7 cm³/mol. The SMILES string of the molecule is CCNc1ncc(F)c(NCc2ccccc2C)n1. The largest absolute Gasteiger partial charge is 0.363 e. The molecule has 0 fully saturated rings. The van der Waals surface area contributed by atoms with E-state index in [9.17, 15) is 4.39 Å². The van der Waals surface area contributed by atoms with Gasteiger partial charge in [0.25, 0.3) is 0 Å². The lowest BCUT2D eigenvalue weighted by molar-refractivity contribution is 0.617. The lowest BCUT2D eigenvalue weighted by atomic mass is 10.1. The summed E-state index contributed by atoms with van der Waals surface area (Å²) in [4.78, 5) is 7.96. The molecule has 100 valence electrons. The van der Waals surface area contributed by atoms with Gasteiger partial charge in [-0.05, 0) is 25.0 Å². The molecule has 2 aromatic rings. The average molecular weight is 260 g/mol. The number of hydrogen-bond donors (Lipinski definition) is 2. The first-order valence-electron chi connectivity index (χ1n) is 6.25. The molecule has 0 saturated heterocycles. The molecule has 1 aromatic carbocycles. The lowest BCUT2D eigenvalue weighted by Crippen LogP contribution is -2.09. The molecule has 0 saturated carbocycles. The van der Waals surface area contributed by atoms with Crippen LogP contribution in [0, 0.1) is 12.7 Å². The molecule has 5 heteroatoms. The van der Waals surface area contributed by atoms with Gasteiger partial charge in [-0.2, -0.15) is 4.98 Å². The first-order valence-corrected chi connectivity index (χ1v) is 6.25. The fourth-order valence-electron chi connectivity index (χ4n) is 1.72. The Morgan fingerprint density at radius 1 is 1.21 bits per heavy atom. The standard InChI is InChI=1S/C14H17FN4/c1-3-16-14-18-9-12(15)13(19-14)17-8-11-7-5-4-6-10(11)2/h4-7,9H,3,8H2,1-2H3,(H2,16,17,18,19). The Morgan fingerprint density at radius 2 is 2.00 bits per heavy atom. The second kappa shape index (κ2) is 6.13. The highest BCUT2D eigenvalue weighted by molar-refractivity contribution is 5.42. The molecule has 4 nitrogen and oxygen atoms in total. The summed E-state index contributed by atoms with van der Waals surface area (Å²) in [5.41, 5.74) is 2.28. The van der Waals surface area contributed by atoms with Crippen molar-refractivity contribution in [2.45, 2.75) is 20.4 Å². The molecule has 0 radical (unpaired) electrons. The zero-order chi connectivity index (χ0) is 13.7. The summed E-state index contributed by atoms with van der Waals surface area (Å²) in [5, 5.41) is 5.96. The summed E-state index contributed by atoms with van der Waals surface area (Å²) in [6.45, 7) is 5.19. The quantitative estimate of drug-likeness (QED) is 0.867. The Bertz CT molecular complexity index is 557. The van der Waals surface area contributed by atoms with E-state index in [-0.39, 0.29) is 5.82 Å². The lowest BCUT2D eigenvalue weighted by Gasteiger charge is -2.10. The molecule has 19 heavy (non-hydrogen) atoms. The van der Waals surface area contributed by atoms with E-state index >= 15 is 0 Å². The molecule has 0 aliphatic carbocycles. The number of hydrogen-bond acceptors (Lipinski definition) is 4. The van der Waals surface area contributed by atoms with Gasteiger partial charge < -0.3 is 10.6 Å². The second-order valence-electron chi connectivity index (χ2n) is 4.20. The number of aryl methyl sites for hydroxylation is 1.